The van der Waals surface area contributed by atoms with Gasteiger partial charge in [-0.15, -0.1) is 11.6 Å². The first-order chi connectivity index (χ1) is 14.0. The number of pyridine rings is 2. The van der Waals surface area contributed by atoms with Gasteiger partial charge >= 0.3 is 5.97 Å². The lowest BCUT2D eigenvalue weighted by molar-refractivity contribution is -0.118. The van der Waals surface area contributed by atoms with Crippen LogP contribution in [0.25, 0.3) is 22.3 Å². The molecule has 0 radical (unpaired) electrons. The van der Waals surface area contributed by atoms with E-state index in [9.17, 15) is 14.7 Å². The number of aromatic nitrogens is 3. The predicted octanol–water partition coefficient (Wildman–Crippen LogP) is 3.49. The van der Waals surface area contributed by atoms with E-state index in [1.165, 1.54) is 23.9 Å². The second-order valence-electron chi connectivity index (χ2n) is 6.76. The lowest BCUT2D eigenvalue weighted by atomic mass is 10.1. The number of alkyl halides is 1. The maximum absolute atomic E-state index is 11.4. The number of carboxylic acid groups (broad SMARTS) is 1. The Balaban J connectivity index is 1.97. The largest absolute Gasteiger partial charge is 0.478 e. The highest BCUT2D eigenvalue weighted by molar-refractivity contribution is 6.27. The van der Waals surface area contributed by atoms with Gasteiger partial charge in [0.15, 0.2) is 0 Å². The molecule has 3 aromatic heterocycles. The Hall–Kier alpha value is -2.93. The van der Waals surface area contributed by atoms with Crippen LogP contribution in [0, 0.1) is 0 Å². The highest BCUT2D eigenvalue weighted by atomic mass is 35.5. The zero-order chi connectivity index (χ0) is 20.8. The molecule has 3 heterocycles. The van der Waals surface area contributed by atoms with Gasteiger partial charge in [-0.25, -0.2) is 4.79 Å². The van der Waals surface area contributed by atoms with Crippen LogP contribution < -0.4 is 5.32 Å². The van der Waals surface area contributed by atoms with E-state index in [1.807, 2.05) is 12.3 Å². The number of aryl methyl sites for hydroxylation is 1. The van der Waals surface area contributed by atoms with Crippen LogP contribution in [0.4, 0.5) is 0 Å². The number of carbonyl (C=O) groups excluding carboxylic acids is 1. The Labute approximate surface area is 173 Å². The van der Waals surface area contributed by atoms with E-state index in [-0.39, 0.29) is 17.4 Å². The summed E-state index contributed by atoms with van der Waals surface area (Å²) in [6, 6.07) is 4.89. The van der Waals surface area contributed by atoms with Gasteiger partial charge in [-0.3, -0.25) is 14.8 Å². The van der Waals surface area contributed by atoms with Crippen LogP contribution in [-0.2, 0) is 17.8 Å². The summed E-state index contributed by atoms with van der Waals surface area (Å²) in [5.41, 5.74) is 3.46. The molecule has 0 saturated carbocycles. The van der Waals surface area contributed by atoms with E-state index in [0.717, 1.165) is 30.2 Å². The number of nitrogens with zero attached hydrogens (tertiary/aromatic N) is 3. The maximum atomic E-state index is 11.4. The molecule has 0 spiro atoms. The number of unbranched alkanes of at least 4 members (excludes halogenated alkanes) is 1. The summed E-state index contributed by atoms with van der Waals surface area (Å²) in [4.78, 5) is 31.5. The first kappa shape index (κ1) is 20.8. The van der Waals surface area contributed by atoms with Crippen molar-refractivity contribution in [2.45, 2.75) is 32.7 Å². The molecule has 0 aliphatic heterocycles. The standard InChI is InChI=1S/C21H23ClN4O3/c1-2-3-4-15-13-26(8-7-24-20(27)11-22)19-10-18(25-12-16(15)19)17-9-14(21(28)29)5-6-23-17/h5-6,9-10,12-13H,2-4,7-8,11H2,1H3,(H,24,27)(H,28,29). The molecule has 0 fully saturated rings. The van der Waals surface area contributed by atoms with Gasteiger partial charge < -0.3 is 15.0 Å². The van der Waals surface area contributed by atoms with Crippen molar-refractivity contribution in [3.63, 3.8) is 0 Å². The van der Waals surface area contributed by atoms with Gasteiger partial charge in [0.2, 0.25) is 5.91 Å². The van der Waals surface area contributed by atoms with Gasteiger partial charge in [0.25, 0.3) is 0 Å². The lowest BCUT2D eigenvalue weighted by Gasteiger charge is -2.08. The molecule has 0 unspecified atom stereocenters. The number of fused-ring (bicyclic) bond motifs is 1. The van der Waals surface area contributed by atoms with Crippen molar-refractivity contribution in [1.29, 1.82) is 0 Å². The summed E-state index contributed by atoms with van der Waals surface area (Å²) >= 11 is 5.54. The van der Waals surface area contributed by atoms with Crippen LogP contribution in [0.5, 0.6) is 0 Å². The summed E-state index contributed by atoms with van der Waals surface area (Å²) in [5.74, 6) is -1.27. The van der Waals surface area contributed by atoms with E-state index in [1.54, 1.807) is 0 Å². The minimum atomic E-state index is -1.00. The van der Waals surface area contributed by atoms with E-state index < -0.39 is 5.97 Å². The fourth-order valence-electron chi connectivity index (χ4n) is 3.22. The van der Waals surface area contributed by atoms with Gasteiger partial charge in [0.1, 0.15) is 5.88 Å². The van der Waals surface area contributed by atoms with Crippen LogP contribution >= 0.6 is 11.6 Å². The molecule has 7 nitrogen and oxygen atoms in total. The second-order valence-corrected chi connectivity index (χ2v) is 7.02. The van der Waals surface area contributed by atoms with Gasteiger partial charge in [0, 0.05) is 37.1 Å². The highest BCUT2D eigenvalue weighted by Crippen LogP contribution is 2.26. The molecular formula is C21H23ClN4O3. The Morgan fingerprint density at radius 3 is 2.76 bits per heavy atom. The maximum Gasteiger partial charge on any atom is 0.335 e. The van der Waals surface area contributed by atoms with Crippen molar-refractivity contribution in [2.75, 3.05) is 12.4 Å². The highest BCUT2D eigenvalue weighted by Gasteiger charge is 2.13. The zero-order valence-corrected chi connectivity index (χ0v) is 16.9. The Morgan fingerprint density at radius 1 is 1.24 bits per heavy atom. The number of amides is 1. The molecular weight excluding hydrogens is 392 g/mol. The van der Waals surface area contributed by atoms with Crippen LogP contribution in [-0.4, -0.2) is 43.9 Å². The molecule has 0 aliphatic carbocycles. The smallest absolute Gasteiger partial charge is 0.335 e. The number of hydrogen-bond acceptors (Lipinski definition) is 4. The van der Waals surface area contributed by atoms with Crippen LogP contribution in [0.15, 0.2) is 36.8 Å². The van der Waals surface area contributed by atoms with Crippen molar-refractivity contribution >= 4 is 34.4 Å². The third-order valence-electron chi connectivity index (χ3n) is 4.71. The number of carboxylic acids is 1. The Morgan fingerprint density at radius 2 is 2.03 bits per heavy atom. The van der Waals surface area contributed by atoms with Crippen molar-refractivity contribution in [2.24, 2.45) is 0 Å². The molecule has 0 bridgehead atoms. The molecule has 3 aromatic rings. The number of carbonyl (C=O) groups is 2. The fraction of sp³-hybridized carbons (Fsp3) is 0.333. The average Bonchev–Trinajstić information content (AvgIpc) is 3.09. The van der Waals surface area contributed by atoms with Gasteiger partial charge in [-0.1, -0.05) is 13.3 Å². The molecule has 0 aliphatic rings. The van der Waals surface area contributed by atoms with E-state index in [4.69, 9.17) is 11.6 Å². The molecule has 0 atom stereocenters. The van der Waals surface area contributed by atoms with E-state index in [2.05, 4.69) is 33.0 Å². The zero-order valence-electron chi connectivity index (χ0n) is 16.2. The number of nitrogens with one attached hydrogen (secondary N) is 1. The van der Waals surface area contributed by atoms with Crippen molar-refractivity contribution in [1.82, 2.24) is 19.9 Å². The summed E-state index contributed by atoms with van der Waals surface area (Å²) in [6.07, 6.45) is 8.50. The van der Waals surface area contributed by atoms with Gasteiger partial charge in [-0.05, 0) is 36.6 Å². The van der Waals surface area contributed by atoms with Crippen molar-refractivity contribution in [3.05, 3.63) is 47.9 Å². The summed E-state index contributed by atoms with van der Waals surface area (Å²) in [7, 11) is 0. The number of halogens is 1. The predicted molar refractivity (Wildman–Crippen MR) is 112 cm³/mol. The Kier molecular flexibility index (Phi) is 6.82. The third-order valence-corrected chi connectivity index (χ3v) is 4.96. The SMILES string of the molecule is CCCCc1cn(CCNC(=O)CCl)c2cc(-c3cc(C(=O)O)ccn3)ncc12. The molecule has 8 heteroatoms. The lowest BCUT2D eigenvalue weighted by Crippen LogP contribution is -2.27. The molecule has 2 N–H and O–H groups in total. The number of rotatable bonds is 9. The third kappa shape index (κ3) is 4.92. The second kappa shape index (κ2) is 9.52. The normalized spacial score (nSPS) is 11.0. The minimum absolute atomic E-state index is 0.0617. The summed E-state index contributed by atoms with van der Waals surface area (Å²) in [6.45, 7) is 3.21. The summed E-state index contributed by atoms with van der Waals surface area (Å²) in [5, 5.41) is 13.1. The monoisotopic (exact) mass is 414 g/mol. The first-order valence-electron chi connectivity index (χ1n) is 9.53. The fourth-order valence-corrected chi connectivity index (χ4v) is 3.31. The topological polar surface area (TPSA) is 97.1 Å². The Bertz CT molecular complexity index is 1030. The number of hydrogen-bond donors (Lipinski definition) is 2. The molecule has 152 valence electrons. The van der Waals surface area contributed by atoms with Crippen LogP contribution in [0.3, 0.4) is 0 Å². The van der Waals surface area contributed by atoms with Gasteiger partial charge in [0.05, 0.1) is 22.5 Å². The van der Waals surface area contributed by atoms with Crippen LogP contribution in [0.1, 0.15) is 35.7 Å². The average molecular weight is 415 g/mol. The first-order valence-corrected chi connectivity index (χ1v) is 10.1. The summed E-state index contributed by atoms with van der Waals surface area (Å²) < 4.78 is 2.08. The number of aromatic carboxylic acids is 1. The van der Waals surface area contributed by atoms with Crippen molar-refractivity contribution < 1.29 is 14.7 Å². The van der Waals surface area contributed by atoms with E-state index in [0.29, 0.717) is 24.5 Å². The van der Waals surface area contributed by atoms with Crippen molar-refractivity contribution in [3.8, 4) is 11.4 Å². The molecule has 1 amide bonds. The van der Waals surface area contributed by atoms with Gasteiger partial charge in [-0.2, -0.15) is 0 Å². The molecule has 0 aromatic carbocycles. The minimum Gasteiger partial charge on any atom is -0.478 e. The molecule has 3 rings (SSSR count). The quantitative estimate of drug-likeness (QED) is 0.522. The molecule has 29 heavy (non-hydrogen) atoms. The molecule has 0 saturated heterocycles. The van der Waals surface area contributed by atoms with Crippen LogP contribution in [0.2, 0.25) is 0 Å². The van der Waals surface area contributed by atoms with E-state index >= 15 is 0 Å².